The zero-order chi connectivity index (χ0) is 19.3. The summed E-state index contributed by atoms with van der Waals surface area (Å²) < 4.78 is 10.9. The number of hydrogen-bond acceptors (Lipinski definition) is 8. The summed E-state index contributed by atoms with van der Waals surface area (Å²) in [5, 5.41) is 49.9. The molecule has 0 aromatic heterocycles. The monoisotopic (exact) mass is 372 g/mol. The lowest BCUT2D eigenvalue weighted by Crippen LogP contribution is -2.61. The number of fused-ring (bicyclic) bond motifs is 1. The van der Waals surface area contributed by atoms with Crippen LogP contribution in [-0.4, -0.2) is 74.4 Å². The third-order valence-electron chi connectivity index (χ3n) is 5.86. The van der Waals surface area contributed by atoms with Crippen molar-refractivity contribution in [2.75, 3.05) is 6.61 Å². The Morgan fingerprint density at radius 1 is 1.19 bits per heavy atom. The van der Waals surface area contributed by atoms with Gasteiger partial charge in [-0.3, -0.25) is 4.79 Å². The van der Waals surface area contributed by atoms with E-state index in [0.29, 0.717) is 12.8 Å². The molecule has 0 aromatic carbocycles. The number of ketones is 1. The summed E-state index contributed by atoms with van der Waals surface area (Å²) in [4.78, 5) is 12.0. The molecule has 0 radical (unpaired) electrons. The highest BCUT2D eigenvalue weighted by molar-refractivity contribution is 5.92. The van der Waals surface area contributed by atoms with Crippen LogP contribution in [0.25, 0.3) is 0 Å². The molecule has 1 aliphatic heterocycles. The first-order valence-corrected chi connectivity index (χ1v) is 9.00. The smallest absolute Gasteiger partial charge is 0.189 e. The topological polar surface area (TPSA) is 137 Å². The Bertz CT molecular complexity index is 586. The van der Waals surface area contributed by atoms with Gasteiger partial charge in [-0.2, -0.15) is 0 Å². The number of rotatable bonds is 3. The van der Waals surface area contributed by atoms with Crippen LogP contribution in [0.2, 0.25) is 0 Å². The maximum atomic E-state index is 12.0. The molecule has 1 saturated carbocycles. The van der Waals surface area contributed by atoms with Gasteiger partial charge in [0.15, 0.2) is 17.9 Å². The van der Waals surface area contributed by atoms with Crippen molar-refractivity contribution in [2.45, 2.75) is 76.0 Å². The fraction of sp³-hybridized carbons (Fsp3) is 0.833. The third-order valence-corrected chi connectivity index (χ3v) is 5.86. The molecule has 8 nitrogen and oxygen atoms in total. The van der Waals surface area contributed by atoms with E-state index in [-0.39, 0.29) is 30.0 Å². The fourth-order valence-corrected chi connectivity index (χ4v) is 4.44. The minimum absolute atomic E-state index is 0.0124. The second-order valence-corrected chi connectivity index (χ2v) is 8.38. The standard InChI is InChI=1S/C18H28O8/c1-17(2)7-10(20)5-9-6-18(24,4-3-11(9)17)26-16-15(23)14(22)13(21)12(8-19)25-16/h5,11-16,19,21-24H,3-4,6-8H2,1-2H3/t11?,12-,13-,14+,15-,16+,18-/m1/s1. The van der Waals surface area contributed by atoms with Crippen molar-refractivity contribution in [3.63, 3.8) is 0 Å². The highest BCUT2D eigenvalue weighted by Gasteiger charge is 2.50. The van der Waals surface area contributed by atoms with Crippen molar-refractivity contribution in [1.82, 2.24) is 0 Å². The molecular formula is C18H28O8. The van der Waals surface area contributed by atoms with Crippen molar-refractivity contribution in [2.24, 2.45) is 11.3 Å². The van der Waals surface area contributed by atoms with Crippen LogP contribution in [0.5, 0.6) is 0 Å². The highest BCUT2D eigenvalue weighted by Crippen LogP contribution is 2.50. The molecule has 5 N–H and O–H groups in total. The zero-order valence-corrected chi connectivity index (χ0v) is 15.0. The first kappa shape index (κ1) is 19.9. The Morgan fingerprint density at radius 3 is 2.54 bits per heavy atom. The average molecular weight is 372 g/mol. The molecule has 26 heavy (non-hydrogen) atoms. The Balaban J connectivity index is 1.75. The number of carbonyl (C=O) groups is 1. The quantitative estimate of drug-likeness (QED) is 0.407. The largest absolute Gasteiger partial charge is 0.394 e. The first-order chi connectivity index (χ1) is 12.1. The van der Waals surface area contributed by atoms with Crippen molar-refractivity contribution in [1.29, 1.82) is 0 Å². The Labute approximate surface area is 152 Å². The molecule has 0 spiro atoms. The van der Waals surface area contributed by atoms with E-state index in [1.165, 1.54) is 0 Å². The Hall–Kier alpha value is -0.870. The van der Waals surface area contributed by atoms with Gasteiger partial charge in [-0.1, -0.05) is 19.4 Å². The second-order valence-electron chi connectivity index (χ2n) is 8.38. The summed E-state index contributed by atoms with van der Waals surface area (Å²) >= 11 is 0. The highest BCUT2D eigenvalue weighted by atomic mass is 16.8. The van der Waals surface area contributed by atoms with Crippen LogP contribution < -0.4 is 0 Å². The predicted octanol–water partition coefficient (Wildman–Crippen LogP) is -0.783. The van der Waals surface area contributed by atoms with Crippen molar-refractivity contribution >= 4 is 5.78 Å². The lowest BCUT2D eigenvalue weighted by molar-refractivity contribution is -0.365. The van der Waals surface area contributed by atoms with Gasteiger partial charge in [0.05, 0.1) is 6.61 Å². The maximum Gasteiger partial charge on any atom is 0.189 e. The minimum atomic E-state index is -1.66. The average Bonchev–Trinajstić information content (AvgIpc) is 2.53. The molecule has 148 valence electrons. The van der Waals surface area contributed by atoms with Gasteiger partial charge in [-0.25, -0.2) is 0 Å². The number of ether oxygens (including phenoxy) is 2. The Kier molecular flexibility index (Phi) is 5.31. The lowest BCUT2D eigenvalue weighted by atomic mass is 9.62. The summed E-state index contributed by atoms with van der Waals surface area (Å²) in [6, 6.07) is 0. The number of carbonyl (C=O) groups excluding carboxylic acids is 1. The number of aliphatic hydroxyl groups is 5. The van der Waals surface area contributed by atoms with Gasteiger partial charge in [-0.15, -0.1) is 0 Å². The van der Waals surface area contributed by atoms with E-state index in [2.05, 4.69) is 0 Å². The van der Waals surface area contributed by atoms with Gasteiger partial charge < -0.3 is 35.0 Å². The summed E-state index contributed by atoms with van der Waals surface area (Å²) in [7, 11) is 0. The van der Waals surface area contributed by atoms with Crippen molar-refractivity contribution in [3.8, 4) is 0 Å². The van der Waals surface area contributed by atoms with E-state index in [0.717, 1.165) is 5.57 Å². The molecule has 0 amide bonds. The molecule has 1 unspecified atom stereocenters. The predicted molar refractivity (Wildman–Crippen MR) is 88.6 cm³/mol. The SMILES string of the molecule is CC1(C)CC(=O)C=C2C[C@](O)(O[C@@H]3O[C@H](CO)[C@@H](O)[C@H](O)[C@H]3O)CCC21. The van der Waals surface area contributed by atoms with Crippen molar-refractivity contribution in [3.05, 3.63) is 11.6 Å². The van der Waals surface area contributed by atoms with Gasteiger partial charge in [0.25, 0.3) is 0 Å². The van der Waals surface area contributed by atoms with E-state index in [1.54, 1.807) is 6.08 Å². The van der Waals surface area contributed by atoms with Gasteiger partial charge in [0.1, 0.15) is 24.4 Å². The Morgan fingerprint density at radius 2 is 1.88 bits per heavy atom. The van der Waals surface area contributed by atoms with Crippen LogP contribution in [0.1, 0.15) is 39.5 Å². The van der Waals surface area contributed by atoms with Gasteiger partial charge >= 0.3 is 0 Å². The maximum absolute atomic E-state index is 12.0. The molecule has 3 rings (SSSR count). The number of aliphatic hydroxyl groups excluding tert-OH is 4. The number of hydrogen-bond donors (Lipinski definition) is 5. The molecular weight excluding hydrogens is 344 g/mol. The summed E-state index contributed by atoms with van der Waals surface area (Å²) in [5.74, 6) is -1.49. The van der Waals surface area contributed by atoms with Crippen molar-refractivity contribution < 1.29 is 39.8 Å². The molecule has 1 saturated heterocycles. The second kappa shape index (κ2) is 6.94. The van der Waals surface area contributed by atoms with Crippen LogP contribution in [0.3, 0.4) is 0 Å². The fourth-order valence-electron chi connectivity index (χ4n) is 4.44. The lowest BCUT2D eigenvalue weighted by Gasteiger charge is -2.48. The number of allylic oxidation sites excluding steroid dienone is 1. The minimum Gasteiger partial charge on any atom is -0.394 e. The van der Waals surface area contributed by atoms with Crippen LogP contribution in [0.15, 0.2) is 11.6 Å². The van der Waals surface area contributed by atoms with Gasteiger partial charge in [0, 0.05) is 19.3 Å². The molecule has 7 atom stereocenters. The molecule has 8 heteroatoms. The summed E-state index contributed by atoms with van der Waals surface area (Å²) in [6.07, 6.45) is -4.12. The molecule has 3 aliphatic rings. The van der Waals surface area contributed by atoms with Crippen LogP contribution in [0, 0.1) is 11.3 Å². The third kappa shape index (κ3) is 3.60. The summed E-state index contributed by atoms with van der Waals surface area (Å²) in [5.41, 5.74) is 0.621. The van der Waals surface area contributed by atoms with E-state index < -0.39 is 43.1 Å². The zero-order valence-electron chi connectivity index (χ0n) is 15.0. The van der Waals surface area contributed by atoms with Crippen LogP contribution in [0.4, 0.5) is 0 Å². The van der Waals surface area contributed by atoms with Gasteiger partial charge in [-0.05, 0) is 23.8 Å². The van der Waals surface area contributed by atoms with E-state index >= 15 is 0 Å². The molecule has 2 fully saturated rings. The molecule has 2 aliphatic carbocycles. The van der Waals surface area contributed by atoms with Crippen LogP contribution >= 0.6 is 0 Å². The van der Waals surface area contributed by atoms with Crippen LogP contribution in [-0.2, 0) is 14.3 Å². The molecule has 1 heterocycles. The normalized spacial score (nSPS) is 45.8. The molecule has 0 bridgehead atoms. The van der Waals surface area contributed by atoms with E-state index in [4.69, 9.17) is 9.47 Å². The van der Waals surface area contributed by atoms with E-state index in [1.807, 2.05) is 13.8 Å². The summed E-state index contributed by atoms with van der Waals surface area (Å²) in [6.45, 7) is 3.50. The van der Waals surface area contributed by atoms with Gasteiger partial charge in [0.2, 0.25) is 0 Å². The molecule has 0 aromatic rings. The first-order valence-electron chi connectivity index (χ1n) is 9.00. The van der Waals surface area contributed by atoms with E-state index in [9.17, 15) is 30.3 Å².